The van der Waals surface area contributed by atoms with Gasteiger partial charge in [-0.3, -0.25) is 0 Å². The largest absolute Gasteiger partial charge is 0.478 e. The molecule has 0 radical (unpaired) electrons. The number of nitrogens with zero attached hydrogens (tertiary/aromatic N) is 1. The fourth-order valence-electron chi connectivity index (χ4n) is 1.87. The summed E-state index contributed by atoms with van der Waals surface area (Å²) in [4.78, 5) is 24.1. The van der Waals surface area contributed by atoms with E-state index in [1.54, 1.807) is 6.08 Å². The quantitative estimate of drug-likeness (QED) is 0.904. The number of amides is 1. The zero-order valence-electron chi connectivity index (χ0n) is 10.4. The number of ether oxygens (including phenoxy) is 1. The van der Waals surface area contributed by atoms with Crippen molar-refractivity contribution in [3.8, 4) is 0 Å². The van der Waals surface area contributed by atoms with Gasteiger partial charge < -0.3 is 14.7 Å². The molecule has 0 unspecified atom stereocenters. The van der Waals surface area contributed by atoms with Gasteiger partial charge in [-0.15, -0.1) is 0 Å². The van der Waals surface area contributed by atoms with Gasteiger partial charge >= 0.3 is 12.1 Å². The lowest BCUT2D eigenvalue weighted by Crippen LogP contribution is -2.37. The van der Waals surface area contributed by atoms with Gasteiger partial charge in [0.25, 0.3) is 0 Å². The van der Waals surface area contributed by atoms with Gasteiger partial charge in [0.15, 0.2) is 0 Å². The van der Waals surface area contributed by atoms with E-state index in [1.807, 2.05) is 30.3 Å². The molecule has 19 heavy (non-hydrogen) atoms. The van der Waals surface area contributed by atoms with E-state index >= 15 is 0 Å². The third kappa shape index (κ3) is 3.58. The fourth-order valence-corrected chi connectivity index (χ4v) is 1.87. The molecular weight excluding hydrogens is 246 g/mol. The molecule has 1 N–H and O–H groups in total. The van der Waals surface area contributed by atoms with Crippen LogP contribution in [-0.2, 0) is 16.1 Å². The Morgan fingerprint density at radius 3 is 2.68 bits per heavy atom. The van der Waals surface area contributed by atoms with Crippen molar-refractivity contribution in [2.75, 3.05) is 13.1 Å². The first-order valence-corrected chi connectivity index (χ1v) is 6.05. The molecule has 0 spiro atoms. The van der Waals surface area contributed by atoms with Crippen LogP contribution in [0.2, 0.25) is 0 Å². The average molecular weight is 261 g/mol. The van der Waals surface area contributed by atoms with Crippen LogP contribution < -0.4 is 0 Å². The van der Waals surface area contributed by atoms with Crippen LogP contribution in [-0.4, -0.2) is 35.2 Å². The molecule has 0 bridgehead atoms. The van der Waals surface area contributed by atoms with Crippen LogP contribution in [0, 0.1) is 0 Å². The van der Waals surface area contributed by atoms with E-state index < -0.39 is 12.1 Å². The summed E-state index contributed by atoms with van der Waals surface area (Å²) < 4.78 is 5.16. The molecule has 1 aromatic carbocycles. The maximum absolute atomic E-state index is 11.8. The van der Waals surface area contributed by atoms with E-state index in [0.717, 1.165) is 5.56 Å². The Kier molecular flexibility index (Phi) is 4.18. The zero-order valence-corrected chi connectivity index (χ0v) is 10.4. The molecule has 1 amide bonds. The summed E-state index contributed by atoms with van der Waals surface area (Å²) >= 11 is 0. The molecule has 100 valence electrons. The highest BCUT2D eigenvalue weighted by Gasteiger charge is 2.22. The van der Waals surface area contributed by atoms with E-state index in [4.69, 9.17) is 9.84 Å². The third-order valence-electron chi connectivity index (χ3n) is 2.89. The second-order valence-corrected chi connectivity index (χ2v) is 4.28. The molecule has 5 heteroatoms. The molecule has 0 fully saturated rings. The monoisotopic (exact) mass is 261 g/mol. The van der Waals surface area contributed by atoms with Crippen LogP contribution in [0.1, 0.15) is 12.0 Å². The third-order valence-corrected chi connectivity index (χ3v) is 2.89. The van der Waals surface area contributed by atoms with E-state index in [-0.39, 0.29) is 18.7 Å². The van der Waals surface area contributed by atoms with Gasteiger partial charge in [0, 0.05) is 6.54 Å². The topological polar surface area (TPSA) is 66.8 Å². The number of rotatable bonds is 3. The molecule has 1 aliphatic rings. The summed E-state index contributed by atoms with van der Waals surface area (Å²) in [7, 11) is 0. The summed E-state index contributed by atoms with van der Waals surface area (Å²) in [6.45, 7) is 0.787. The number of carboxylic acid groups (broad SMARTS) is 1. The van der Waals surface area contributed by atoms with Crippen LogP contribution in [0.5, 0.6) is 0 Å². The summed E-state index contributed by atoms with van der Waals surface area (Å²) in [5, 5.41) is 8.90. The van der Waals surface area contributed by atoms with Crippen molar-refractivity contribution in [1.82, 2.24) is 4.90 Å². The summed E-state index contributed by atoms with van der Waals surface area (Å²) in [6.07, 6.45) is 1.71. The number of benzene rings is 1. The Labute approximate surface area is 111 Å². The first-order valence-electron chi connectivity index (χ1n) is 6.05. The number of aliphatic carboxylic acids is 1. The highest BCUT2D eigenvalue weighted by molar-refractivity contribution is 5.88. The molecule has 2 rings (SSSR count). The van der Waals surface area contributed by atoms with Crippen molar-refractivity contribution in [3.05, 3.63) is 47.5 Å². The van der Waals surface area contributed by atoms with Gasteiger partial charge in [-0.25, -0.2) is 9.59 Å². The van der Waals surface area contributed by atoms with E-state index in [9.17, 15) is 9.59 Å². The highest BCUT2D eigenvalue weighted by Crippen LogP contribution is 2.12. The predicted molar refractivity (Wildman–Crippen MR) is 68.5 cm³/mol. The molecule has 0 aromatic heterocycles. The second kappa shape index (κ2) is 6.04. The molecule has 1 heterocycles. The van der Waals surface area contributed by atoms with Crippen LogP contribution in [0.15, 0.2) is 42.0 Å². The molecular formula is C14H15NO4. The van der Waals surface area contributed by atoms with Crippen molar-refractivity contribution in [2.45, 2.75) is 13.0 Å². The van der Waals surface area contributed by atoms with Crippen molar-refractivity contribution in [3.63, 3.8) is 0 Å². The Hall–Kier alpha value is -2.30. The lowest BCUT2D eigenvalue weighted by atomic mass is 10.1. The molecule has 1 aromatic rings. The van der Waals surface area contributed by atoms with Crippen molar-refractivity contribution in [1.29, 1.82) is 0 Å². The van der Waals surface area contributed by atoms with E-state index in [0.29, 0.717) is 13.0 Å². The van der Waals surface area contributed by atoms with Crippen molar-refractivity contribution < 1.29 is 19.4 Å². The number of carbonyl (C=O) groups excluding carboxylic acids is 1. The van der Waals surface area contributed by atoms with Crippen molar-refractivity contribution >= 4 is 12.1 Å². The summed E-state index contributed by atoms with van der Waals surface area (Å²) in [5.41, 5.74) is 1.14. The summed E-state index contributed by atoms with van der Waals surface area (Å²) in [5.74, 6) is -0.986. The predicted octanol–water partition coefficient (Wildman–Crippen LogP) is 2.04. The molecule has 5 nitrogen and oxygen atoms in total. The smallest absolute Gasteiger partial charge is 0.410 e. The molecule has 0 atom stereocenters. The summed E-state index contributed by atoms with van der Waals surface area (Å²) in [6, 6.07) is 9.36. The van der Waals surface area contributed by atoms with E-state index in [2.05, 4.69) is 0 Å². The minimum absolute atomic E-state index is 0.100. The zero-order chi connectivity index (χ0) is 13.7. The number of carbonyl (C=O) groups is 2. The normalized spacial score (nSPS) is 14.7. The average Bonchev–Trinajstić information content (AvgIpc) is 2.46. The van der Waals surface area contributed by atoms with Crippen LogP contribution >= 0.6 is 0 Å². The van der Waals surface area contributed by atoms with Gasteiger partial charge in [0.2, 0.25) is 0 Å². The Morgan fingerprint density at radius 1 is 1.26 bits per heavy atom. The van der Waals surface area contributed by atoms with Crippen molar-refractivity contribution in [2.24, 2.45) is 0 Å². The van der Waals surface area contributed by atoms with Crippen LogP contribution in [0.3, 0.4) is 0 Å². The second-order valence-electron chi connectivity index (χ2n) is 4.28. The standard InChI is InChI=1S/C14H15NO4/c16-13(17)12-7-4-8-15(9-12)14(18)19-10-11-5-2-1-3-6-11/h1-3,5-7H,4,8-10H2,(H,16,17). The van der Waals surface area contributed by atoms with Gasteiger partial charge in [0.05, 0.1) is 12.1 Å². The maximum atomic E-state index is 11.8. The van der Waals surface area contributed by atoms with Gasteiger partial charge in [-0.2, -0.15) is 0 Å². The van der Waals surface area contributed by atoms with Gasteiger partial charge in [0.1, 0.15) is 6.61 Å². The fraction of sp³-hybridized carbons (Fsp3) is 0.286. The first-order chi connectivity index (χ1) is 9.16. The minimum atomic E-state index is -0.986. The SMILES string of the molecule is O=C(O)C1=CCCN(C(=O)OCc2ccccc2)C1. The van der Waals surface area contributed by atoms with E-state index in [1.165, 1.54) is 4.90 Å². The van der Waals surface area contributed by atoms with Crippen LogP contribution in [0.4, 0.5) is 4.79 Å². The lowest BCUT2D eigenvalue weighted by Gasteiger charge is -2.25. The molecule has 1 aliphatic heterocycles. The number of carboxylic acids is 1. The van der Waals surface area contributed by atoms with Gasteiger partial charge in [-0.1, -0.05) is 36.4 Å². The highest BCUT2D eigenvalue weighted by atomic mass is 16.6. The molecule has 0 saturated carbocycles. The lowest BCUT2D eigenvalue weighted by molar-refractivity contribution is -0.133. The minimum Gasteiger partial charge on any atom is -0.478 e. The number of hydrogen-bond acceptors (Lipinski definition) is 3. The first kappa shape index (κ1) is 13.1. The Morgan fingerprint density at radius 2 is 2.00 bits per heavy atom. The maximum Gasteiger partial charge on any atom is 0.410 e. The van der Waals surface area contributed by atoms with Gasteiger partial charge in [-0.05, 0) is 12.0 Å². The molecule has 0 saturated heterocycles. The number of hydrogen-bond donors (Lipinski definition) is 1. The Bertz CT molecular complexity index is 495. The Balaban J connectivity index is 1.87. The van der Waals surface area contributed by atoms with Crippen LogP contribution in [0.25, 0.3) is 0 Å². The molecule has 0 aliphatic carbocycles.